The molecule has 0 bridgehead atoms. The molecule has 2 aromatic carbocycles. The highest BCUT2D eigenvalue weighted by Gasteiger charge is 2.25. The van der Waals surface area contributed by atoms with Gasteiger partial charge < -0.3 is 15.0 Å². The Morgan fingerprint density at radius 1 is 1.19 bits per heavy atom. The van der Waals surface area contributed by atoms with Gasteiger partial charge in [-0.15, -0.1) is 0 Å². The highest BCUT2D eigenvalue weighted by molar-refractivity contribution is 5.97. The zero-order valence-corrected chi connectivity index (χ0v) is 15.0. The van der Waals surface area contributed by atoms with E-state index in [0.29, 0.717) is 25.9 Å². The van der Waals surface area contributed by atoms with E-state index < -0.39 is 0 Å². The van der Waals surface area contributed by atoms with Crippen LogP contribution in [0.1, 0.15) is 24.0 Å². The highest BCUT2D eigenvalue weighted by atomic mass is 16.5. The van der Waals surface area contributed by atoms with Crippen molar-refractivity contribution in [2.75, 3.05) is 24.6 Å². The van der Waals surface area contributed by atoms with Crippen molar-refractivity contribution in [3.8, 4) is 5.75 Å². The minimum absolute atomic E-state index is 0.0192. The van der Waals surface area contributed by atoms with Crippen molar-refractivity contribution in [3.63, 3.8) is 0 Å². The topological polar surface area (TPSA) is 58.6 Å². The van der Waals surface area contributed by atoms with E-state index in [0.717, 1.165) is 23.4 Å². The Morgan fingerprint density at radius 3 is 2.81 bits per heavy atom. The molecule has 136 valence electrons. The lowest BCUT2D eigenvalue weighted by Gasteiger charge is -2.29. The van der Waals surface area contributed by atoms with Gasteiger partial charge in [0, 0.05) is 19.5 Å². The molecule has 0 fully saturated rings. The highest BCUT2D eigenvalue weighted by Crippen LogP contribution is 2.32. The number of carbonyl (C=O) groups is 2. The molecular formula is C21H24N2O3. The van der Waals surface area contributed by atoms with Gasteiger partial charge in [0.2, 0.25) is 5.91 Å². The van der Waals surface area contributed by atoms with Crippen molar-refractivity contribution in [2.45, 2.75) is 26.2 Å². The minimum atomic E-state index is -0.0640. The summed E-state index contributed by atoms with van der Waals surface area (Å²) in [7, 11) is 0. The third kappa shape index (κ3) is 4.63. The number of anilines is 1. The van der Waals surface area contributed by atoms with E-state index >= 15 is 0 Å². The van der Waals surface area contributed by atoms with Crippen LogP contribution in [0.25, 0.3) is 0 Å². The molecule has 0 saturated carbocycles. The number of nitrogens with one attached hydrogen (secondary N) is 1. The second kappa shape index (κ2) is 8.52. The molecule has 26 heavy (non-hydrogen) atoms. The lowest BCUT2D eigenvalue weighted by molar-refractivity contribution is -0.122. The lowest BCUT2D eigenvalue weighted by Crippen LogP contribution is -2.39. The fraction of sp³-hybridized carbons (Fsp3) is 0.333. The first kappa shape index (κ1) is 18.0. The van der Waals surface area contributed by atoms with Gasteiger partial charge in [-0.05, 0) is 43.0 Å². The third-order valence-electron chi connectivity index (χ3n) is 4.42. The Balaban J connectivity index is 1.44. The van der Waals surface area contributed by atoms with Crippen LogP contribution in [0.3, 0.4) is 0 Å². The predicted octanol–water partition coefficient (Wildman–Crippen LogP) is 2.86. The minimum Gasteiger partial charge on any atom is -0.482 e. The summed E-state index contributed by atoms with van der Waals surface area (Å²) in [6.07, 6.45) is 1.85. The van der Waals surface area contributed by atoms with Gasteiger partial charge in [-0.2, -0.15) is 0 Å². The molecule has 0 aliphatic carbocycles. The molecule has 5 nitrogen and oxygen atoms in total. The standard InChI is InChI=1S/C21H24N2O3/c1-16-9-10-18-19(14-16)26-15-21(25)23(18)13-5-8-20(24)22-12-11-17-6-3-2-4-7-17/h2-4,6-7,9-10,14H,5,8,11-13,15H2,1H3,(H,22,24). The normalized spacial score (nSPS) is 13.1. The fourth-order valence-electron chi connectivity index (χ4n) is 3.03. The Morgan fingerprint density at radius 2 is 2.00 bits per heavy atom. The summed E-state index contributed by atoms with van der Waals surface area (Å²) in [5.74, 6) is 0.688. The second-order valence-electron chi connectivity index (χ2n) is 6.49. The number of fused-ring (bicyclic) bond motifs is 1. The first-order valence-electron chi connectivity index (χ1n) is 8.98. The lowest BCUT2D eigenvalue weighted by atomic mass is 10.1. The largest absolute Gasteiger partial charge is 0.482 e. The van der Waals surface area contributed by atoms with E-state index in [9.17, 15) is 9.59 Å². The molecule has 3 rings (SSSR count). The SMILES string of the molecule is Cc1ccc2c(c1)OCC(=O)N2CCCC(=O)NCCc1ccccc1. The molecular weight excluding hydrogens is 328 g/mol. The molecule has 1 aliphatic heterocycles. The van der Waals surface area contributed by atoms with Gasteiger partial charge in [-0.25, -0.2) is 0 Å². The van der Waals surface area contributed by atoms with Crippen molar-refractivity contribution in [1.82, 2.24) is 5.32 Å². The first-order chi connectivity index (χ1) is 12.6. The average Bonchev–Trinajstić information content (AvgIpc) is 2.64. The van der Waals surface area contributed by atoms with Gasteiger partial charge in [-0.3, -0.25) is 9.59 Å². The van der Waals surface area contributed by atoms with Crippen molar-refractivity contribution >= 4 is 17.5 Å². The number of ether oxygens (including phenoxy) is 1. The quantitative estimate of drug-likeness (QED) is 0.834. The molecule has 0 saturated heterocycles. The van der Waals surface area contributed by atoms with Gasteiger partial charge in [0.15, 0.2) is 6.61 Å². The smallest absolute Gasteiger partial charge is 0.265 e. The van der Waals surface area contributed by atoms with Crippen LogP contribution in [0.15, 0.2) is 48.5 Å². The maximum absolute atomic E-state index is 12.1. The number of nitrogens with zero attached hydrogens (tertiary/aromatic N) is 1. The van der Waals surface area contributed by atoms with Crippen molar-refractivity contribution < 1.29 is 14.3 Å². The molecule has 0 atom stereocenters. The van der Waals surface area contributed by atoms with Crippen LogP contribution in [-0.2, 0) is 16.0 Å². The summed E-state index contributed by atoms with van der Waals surface area (Å²) in [6, 6.07) is 15.9. The predicted molar refractivity (Wildman–Crippen MR) is 101 cm³/mol. The van der Waals surface area contributed by atoms with E-state index in [4.69, 9.17) is 4.74 Å². The number of benzene rings is 2. The Bertz CT molecular complexity index is 774. The molecule has 5 heteroatoms. The van der Waals surface area contributed by atoms with Crippen LogP contribution in [0, 0.1) is 6.92 Å². The van der Waals surface area contributed by atoms with Gasteiger partial charge in [0.1, 0.15) is 5.75 Å². The summed E-state index contributed by atoms with van der Waals surface area (Å²) in [4.78, 5) is 25.9. The molecule has 1 aliphatic rings. The molecule has 0 spiro atoms. The van der Waals surface area contributed by atoms with Crippen LogP contribution >= 0.6 is 0 Å². The number of rotatable bonds is 7. The molecule has 0 radical (unpaired) electrons. The maximum atomic E-state index is 12.1. The maximum Gasteiger partial charge on any atom is 0.265 e. The number of hydrogen-bond donors (Lipinski definition) is 1. The zero-order valence-electron chi connectivity index (χ0n) is 15.0. The van der Waals surface area contributed by atoms with Crippen LogP contribution in [0.4, 0.5) is 5.69 Å². The van der Waals surface area contributed by atoms with E-state index in [1.165, 1.54) is 5.56 Å². The van der Waals surface area contributed by atoms with Gasteiger partial charge in [0.05, 0.1) is 5.69 Å². The second-order valence-corrected chi connectivity index (χ2v) is 6.49. The zero-order chi connectivity index (χ0) is 18.4. The summed E-state index contributed by atoms with van der Waals surface area (Å²) < 4.78 is 5.50. The summed E-state index contributed by atoms with van der Waals surface area (Å²) >= 11 is 0. The van der Waals surface area contributed by atoms with E-state index in [-0.39, 0.29) is 18.4 Å². The molecule has 1 heterocycles. The number of hydrogen-bond acceptors (Lipinski definition) is 3. The number of carbonyl (C=O) groups excluding carboxylic acids is 2. The molecule has 2 amide bonds. The van der Waals surface area contributed by atoms with E-state index in [1.54, 1.807) is 4.90 Å². The Kier molecular flexibility index (Phi) is 5.89. The van der Waals surface area contributed by atoms with Gasteiger partial charge in [0.25, 0.3) is 5.91 Å². The van der Waals surface area contributed by atoms with Gasteiger partial charge in [-0.1, -0.05) is 36.4 Å². The molecule has 0 unspecified atom stereocenters. The molecule has 0 aromatic heterocycles. The van der Waals surface area contributed by atoms with Crippen molar-refractivity contribution in [1.29, 1.82) is 0 Å². The van der Waals surface area contributed by atoms with E-state index in [2.05, 4.69) is 17.4 Å². The van der Waals surface area contributed by atoms with Gasteiger partial charge >= 0.3 is 0 Å². The number of amides is 2. The average molecular weight is 352 g/mol. The number of aryl methyl sites for hydroxylation is 1. The molecule has 2 aromatic rings. The summed E-state index contributed by atoms with van der Waals surface area (Å²) in [5.41, 5.74) is 3.09. The molecule has 1 N–H and O–H groups in total. The third-order valence-corrected chi connectivity index (χ3v) is 4.42. The monoisotopic (exact) mass is 352 g/mol. The van der Waals surface area contributed by atoms with Crippen LogP contribution in [-0.4, -0.2) is 31.5 Å². The van der Waals surface area contributed by atoms with Crippen molar-refractivity contribution in [2.24, 2.45) is 0 Å². The Labute approximate surface area is 154 Å². The van der Waals surface area contributed by atoms with Crippen LogP contribution in [0.5, 0.6) is 5.75 Å². The van der Waals surface area contributed by atoms with Crippen LogP contribution < -0.4 is 15.0 Å². The summed E-state index contributed by atoms with van der Waals surface area (Å²) in [5, 5.41) is 2.94. The van der Waals surface area contributed by atoms with Crippen molar-refractivity contribution in [3.05, 3.63) is 59.7 Å². The Hall–Kier alpha value is -2.82. The fourth-order valence-corrected chi connectivity index (χ4v) is 3.03. The summed E-state index contributed by atoms with van der Waals surface area (Å²) in [6.45, 7) is 3.19. The van der Waals surface area contributed by atoms with E-state index in [1.807, 2.05) is 43.3 Å². The first-order valence-corrected chi connectivity index (χ1v) is 8.98. The van der Waals surface area contributed by atoms with Crippen LogP contribution in [0.2, 0.25) is 0 Å².